The molecule has 0 saturated heterocycles. The van der Waals surface area contributed by atoms with Gasteiger partial charge >= 0.3 is 0 Å². The number of aryl methyl sites for hydroxylation is 1. The lowest BCUT2D eigenvalue weighted by Crippen LogP contribution is -2.45. The van der Waals surface area contributed by atoms with Crippen molar-refractivity contribution >= 4 is 5.91 Å². The Morgan fingerprint density at radius 2 is 2.21 bits per heavy atom. The second-order valence-electron chi connectivity index (χ2n) is 5.86. The second kappa shape index (κ2) is 5.74. The van der Waals surface area contributed by atoms with Gasteiger partial charge in [-0.2, -0.15) is 0 Å². The number of hydrogen-bond acceptors (Lipinski definition) is 2. The fourth-order valence-corrected chi connectivity index (χ4v) is 2.89. The SMILES string of the molecule is CC(N)CCNC(=O)C1(C)CCCc2ccccc21. The first-order chi connectivity index (χ1) is 9.04. The van der Waals surface area contributed by atoms with E-state index >= 15 is 0 Å². The largest absolute Gasteiger partial charge is 0.355 e. The molecule has 2 rings (SSSR count). The average molecular weight is 260 g/mol. The fraction of sp³-hybridized carbons (Fsp3) is 0.562. The van der Waals surface area contributed by atoms with Crippen molar-refractivity contribution in [2.24, 2.45) is 5.73 Å². The highest BCUT2D eigenvalue weighted by molar-refractivity contribution is 5.88. The van der Waals surface area contributed by atoms with Crippen LogP contribution in [0.4, 0.5) is 0 Å². The van der Waals surface area contributed by atoms with Crippen molar-refractivity contribution in [1.29, 1.82) is 0 Å². The van der Waals surface area contributed by atoms with Crippen LogP contribution in [0.2, 0.25) is 0 Å². The normalized spacial score (nSPS) is 23.5. The molecular formula is C16H24N2O. The van der Waals surface area contributed by atoms with Crippen LogP contribution in [0.25, 0.3) is 0 Å². The Hall–Kier alpha value is -1.35. The quantitative estimate of drug-likeness (QED) is 0.871. The van der Waals surface area contributed by atoms with Gasteiger partial charge in [0.25, 0.3) is 0 Å². The van der Waals surface area contributed by atoms with Gasteiger partial charge in [0.15, 0.2) is 0 Å². The minimum atomic E-state index is -0.382. The molecule has 2 atom stereocenters. The molecule has 0 aromatic heterocycles. The lowest BCUT2D eigenvalue weighted by molar-refractivity contribution is -0.126. The van der Waals surface area contributed by atoms with Crippen LogP contribution in [0.3, 0.4) is 0 Å². The summed E-state index contributed by atoms with van der Waals surface area (Å²) in [6.07, 6.45) is 3.91. The molecule has 104 valence electrons. The smallest absolute Gasteiger partial charge is 0.230 e. The van der Waals surface area contributed by atoms with Crippen molar-refractivity contribution in [1.82, 2.24) is 5.32 Å². The molecule has 0 spiro atoms. The van der Waals surface area contributed by atoms with Crippen molar-refractivity contribution < 1.29 is 4.79 Å². The maximum absolute atomic E-state index is 12.5. The standard InChI is InChI=1S/C16H24N2O/c1-12(17)9-11-18-15(19)16(2)10-5-7-13-6-3-4-8-14(13)16/h3-4,6,8,12H,5,7,9-11,17H2,1-2H3,(H,18,19). The molecule has 2 unspecified atom stereocenters. The van der Waals surface area contributed by atoms with E-state index in [1.54, 1.807) is 0 Å². The van der Waals surface area contributed by atoms with Crippen LogP contribution in [0, 0.1) is 0 Å². The minimum Gasteiger partial charge on any atom is -0.355 e. The highest BCUT2D eigenvalue weighted by atomic mass is 16.2. The van der Waals surface area contributed by atoms with Crippen LogP contribution in [-0.2, 0) is 16.6 Å². The topological polar surface area (TPSA) is 55.1 Å². The Labute approximate surface area is 115 Å². The predicted molar refractivity (Wildman–Crippen MR) is 78.0 cm³/mol. The number of rotatable bonds is 4. The van der Waals surface area contributed by atoms with Gasteiger partial charge in [0.05, 0.1) is 5.41 Å². The Morgan fingerprint density at radius 3 is 2.95 bits per heavy atom. The number of carbonyl (C=O) groups excluding carboxylic acids is 1. The number of hydrogen-bond donors (Lipinski definition) is 2. The summed E-state index contributed by atoms with van der Waals surface area (Å²) >= 11 is 0. The Morgan fingerprint density at radius 1 is 1.47 bits per heavy atom. The zero-order chi connectivity index (χ0) is 13.9. The van der Waals surface area contributed by atoms with E-state index in [4.69, 9.17) is 5.73 Å². The maximum atomic E-state index is 12.5. The van der Waals surface area contributed by atoms with Gasteiger partial charge in [-0.25, -0.2) is 0 Å². The molecule has 3 heteroatoms. The van der Waals surface area contributed by atoms with Gasteiger partial charge in [0.1, 0.15) is 0 Å². The first-order valence-electron chi connectivity index (χ1n) is 7.16. The zero-order valence-corrected chi connectivity index (χ0v) is 11.9. The molecule has 19 heavy (non-hydrogen) atoms. The van der Waals surface area contributed by atoms with E-state index in [2.05, 4.69) is 30.4 Å². The number of benzene rings is 1. The zero-order valence-electron chi connectivity index (χ0n) is 11.9. The van der Waals surface area contributed by atoms with Crippen molar-refractivity contribution in [2.75, 3.05) is 6.54 Å². The number of nitrogens with one attached hydrogen (secondary N) is 1. The van der Waals surface area contributed by atoms with Crippen LogP contribution in [0.5, 0.6) is 0 Å². The van der Waals surface area contributed by atoms with E-state index in [1.165, 1.54) is 11.1 Å². The van der Waals surface area contributed by atoms with E-state index in [-0.39, 0.29) is 17.4 Å². The molecule has 3 nitrogen and oxygen atoms in total. The minimum absolute atomic E-state index is 0.131. The van der Waals surface area contributed by atoms with Crippen LogP contribution in [0.15, 0.2) is 24.3 Å². The molecule has 1 amide bonds. The van der Waals surface area contributed by atoms with Crippen molar-refractivity contribution in [3.63, 3.8) is 0 Å². The first kappa shape index (κ1) is 14.1. The Balaban J connectivity index is 2.12. The van der Waals surface area contributed by atoms with E-state index in [0.29, 0.717) is 6.54 Å². The summed E-state index contributed by atoms with van der Waals surface area (Å²) < 4.78 is 0. The van der Waals surface area contributed by atoms with Crippen LogP contribution >= 0.6 is 0 Å². The molecule has 0 heterocycles. The molecule has 0 radical (unpaired) electrons. The van der Waals surface area contributed by atoms with Crippen molar-refractivity contribution in [2.45, 2.75) is 51.0 Å². The molecule has 3 N–H and O–H groups in total. The van der Waals surface area contributed by atoms with Crippen LogP contribution in [-0.4, -0.2) is 18.5 Å². The van der Waals surface area contributed by atoms with E-state index < -0.39 is 0 Å². The highest BCUT2D eigenvalue weighted by Crippen LogP contribution is 2.37. The van der Waals surface area contributed by atoms with Gasteiger partial charge in [0.2, 0.25) is 5.91 Å². The molecule has 0 fully saturated rings. The summed E-state index contributed by atoms with van der Waals surface area (Å²) in [5.41, 5.74) is 7.85. The molecule has 0 bridgehead atoms. The lowest BCUT2D eigenvalue weighted by Gasteiger charge is -2.34. The average Bonchev–Trinajstić information content (AvgIpc) is 2.39. The molecule has 1 aromatic carbocycles. The molecule has 0 saturated carbocycles. The Kier molecular flexibility index (Phi) is 4.25. The van der Waals surface area contributed by atoms with Gasteiger partial charge < -0.3 is 11.1 Å². The third kappa shape index (κ3) is 2.98. The number of carbonyl (C=O) groups is 1. The summed E-state index contributed by atoms with van der Waals surface area (Å²) in [6.45, 7) is 4.68. The summed E-state index contributed by atoms with van der Waals surface area (Å²) in [6, 6.07) is 8.45. The summed E-state index contributed by atoms with van der Waals surface area (Å²) in [7, 11) is 0. The third-order valence-corrected chi connectivity index (χ3v) is 4.12. The van der Waals surface area contributed by atoms with Gasteiger partial charge in [0, 0.05) is 12.6 Å². The predicted octanol–water partition coefficient (Wildman–Crippen LogP) is 2.13. The summed E-state index contributed by atoms with van der Waals surface area (Å²) in [4.78, 5) is 12.5. The second-order valence-corrected chi connectivity index (χ2v) is 5.86. The molecule has 0 aliphatic heterocycles. The highest BCUT2D eigenvalue weighted by Gasteiger charge is 2.38. The van der Waals surface area contributed by atoms with E-state index in [9.17, 15) is 4.79 Å². The monoisotopic (exact) mass is 260 g/mol. The lowest BCUT2D eigenvalue weighted by atomic mass is 9.70. The number of amides is 1. The van der Waals surface area contributed by atoms with Crippen LogP contribution < -0.4 is 11.1 Å². The van der Waals surface area contributed by atoms with E-state index in [0.717, 1.165) is 25.7 Å². The molecule has 1 aliphatic carbocycles. The Bertz CT molecular complexity index is 456. The van der Waals surface area contributed by atoms with Crippen LogP contribution in [0.1, 0.15) is 44.2 Å². The van der Waals surface area contributed by atoms with Gasteiger partial charge in [-0.15, -0.1) is 0 Å². The molecule has 1 aromatic rings. The van der Waals surface area contributed by atoms with E-state index in [1.807, 2.05) is 13.0 Å². The van der Waals surface area contributed by atoms with Crippen molar-refractivity contribution in [3.8, 4) is 0 Å². The first-order valence-corrected chi connectivity index (χ1v) is 7.16. The van der Waals surface area contributed by atoms with Gasteiger partial charge in [-0.05, 0) is 50.7 Å². The number of fused-ring (bicyclic) bond motifs is 1. The van der Waals surface area contributed by atoms with Gasteiger partial charge in [-0.1, -0.05) is 24.3 Å². The van der Waals surface area contributed by atoms with Gasteiger partial charge in [-0.3, -0.25) is 4.79 Å². The number of nitrogens with two attached hydrogens (primary N) is 1. The third-order valence-electron chi connectivity index (χ3n) is 4.12. The fourth-order valence-electron chi connectivity index (χ4n) is 2.89. The molecular weight excluding hydrogens is 236 g/mol. The summed E-state index contributed by atoms with van der Waals surface area (Å²) in [5, 5.41) is 3.05. The molecule has 1 aliphatic rings. The maximum Gasteiger partial charge on any atom is 0.230 e. The van der Waals surface area contributed by atoms with Crippen molar-refractivity contribution in [3.05, 3.63) is 35.4 Å². The summed E-state index contributed by atoms with van der Waals surface area (Å²) in [5.74, 6) is 0.139.